The van der Waals surface area contributed by atoms with Gasteiger partial charge in [0, 0.05) is 11.8 Å². The highest BCUT2D eigenvalue weighted by Crippen LogP contribution is 2.62. The SMILES string of the molecule is c1ccc(Oc2cccc(N3C(c4ccccc4)(c4ccccc4)c4ccccc4C3(c3ccccc3)c3ccccc3)c2)cc1. The maximum Gasteiger partial charge on any atom is 0.129 e. The number of para-hydroxylation sites is 1. The second-order valence-corrected chi connectivity index (χ2v) is 11.7. The molecule has 0 N–H and O–H groups in total. The van der Waals surface area contributed by atoms with E-state index in [1.807, 2.05) is 36.4 Å². The van der Waals surface area contributed by atoms with Crippen molar-refractivity contribution in [2.75, 3.05) is 4.90 Å². The van der Waals surface area contributed by atoms with Gasteiger partial charge in [-0.1, -0.05) is 170 Å². The number of hydrogen-bond acceptors (Lipinski definition) is 2. The van der Waals surface area contributed by atoms with Crippen LogP contribution in [0.15, 0.2) is 200 Å². The molecule has 0 saturated carbocycles. The Balaban J connectivity index is 1.54. The summed E-state index contributed by atoms with van der Waals surface area (Å²) in [6, 6.07) is 71.4. The topological polar surface area (TPSA) is 12.5 Å². The zero-order valence-electron chi connectivity index (χ0n) is 25.4. The van der Waals surface area contributed by atoms with Crippen LogP contribution in [0.2, 0.25) is 0 Å². The Morgan fingerprint density at radius 3 is 1.09 bits per heavy atom. The molecular weight excluding hydrogens is 558 g/mol. The fraction of sp³-hybridized carbons (Fsp3) is 0.0455. The molecule has 0 bridgehead atoms. The van der Waals surface area contributed by atoms with Crippen molar-refractivity contribution < 1.29 is 4.74 Å². The number of benzene rings is 7. The molecule has 2 nitrogen and oxygen atoms in total. The van der Waals surface area contributed by atoms with Gasteiger partial charge < -0.3 is 9.64 Å². The molecular formula is C44H33NO. The zero-order chi connectivity index (χ0) is 30.8. The second-order valence-electron chi connectivity index (χ2n) is 11.7. The van der Waals surface area contributed by atoms with Gasteiger partial charge in [0.15, 0.2) is 0 Å². The standard InChI is InChI=1S/C44H33NO/c1-6-19-34(20-7-1)43(35-21-8-2-9-22-35)41-31-16-17-32-42(41)44(36-23-10-3-11-24-36,37-25-12-4-13-26-37)45(43)38-27-18-30-40(33-38)46-39-28-14-5-15-29-39/h1-33H. The van der Waals surface area contributed by atoms with E-state index in [-0.39, 0.29) is 0 Å². The molecule has 0 spiro atoms. The summed E-state index contributed by atoms with van der Waals surface area (Å²) in [5.74, 6) is 1.59. The van der Waals surface area contributed by atoms with Gasteiger partial charge in [0.2, 0.25) is 0 Å². The molecule has 1 aliphatic rings. The molecule has 220 valence electrons. The van der Waals surface area contributed by atoms with Crippen LogP contribution in [0.3, 0.4) is 0 Å². The van der Waals surface area contributed by atoms with Crippen molar-refractivity contribution in [3.8, 4) is 11.5 Å². The highest BCUT2D eigenvalue weighted by Gasteiger charge is 2.61. The van der Waals surface area contributed by atoms with Crippen LogP contribution in [0.4, 0.5) is 5.69 Å². The molecule has 0 amide bonds. The predicted molar refractivity (Wildman–Crippen MR) is 187 cm³/mol. The summed E-state index contributed by atoms with van der Waals surface area (Å²) in [6.45, 7) is 0. The Kier molecular flexibility index (Phi) is 6.96. The van der Waals surface area contributed by atoms with Gasteiger partial charge in [-0.3, -0.25) is 0 Å². The van der Waals surface area contributed by atoms with Crippen molar-refractivity contribution in [3.63, 3.8) is 0 Å². The van der Waals surface area contributed by atoms with E-state index in [2.05, 4.69) is 169 Å². The smallest absolute Gasteiger partial charge is 0.129 e. The lowest BCUT2D eigenvalue weighted by atomic mass is 9.76. The first kappa shape index (κ1) is 27.7. The maximum absolute atomic E-state index is 6.49. The minimum absolute atomic E-state index is 0.698. The average Bonchev–Trinajstić information content (AvgIpc) is 3.43. The van der Waals surface area contributed by atoms with Crippen LogP contribution in [0, 0.1) is 0 Å². The third-order valence-electron chi connectivity index (χ3n) is 9.20. The van der Waals surface area contributed by atoms with Gasteiger partial charge in [0.25, 0.3) is 0 Å². The van der Waals surface area contributed by atoms with Gasteiger partial charge in [-0.2, -0.15) is 0 Å². The Morgan fingerprint density at radius 1 is 0.326 bits per heavy atom. The lowest BCUT2D eigenvalue weighted by molar-refractivity contribution is 0.476. The van der Waals surface area contributed by atoms with E-state index >= 15 is 0 Å². The molecule has 46 heavy (non-hydrogen) atoms. The van der Waals surface area contributed by atoms with Crippen LogP contribution in [-0.4, -0.2) is 0 Å². The number of anilines is 1. The van der Waals surface area contributed by atoms with Gasteiger partial charge in [0.1, 0.15) is 22.6 Å². The van der Waals surface area contributed by atoms with E-state index in [1.165, 1.54) is 33.4 Å². The van der Waals surface area contributed by atoms with Crippen molar-refractivity contribution in [3.05, 3.63) is 234 Å². The fourth-order valence-electron chi connectivity index (χ4n) is 7.49. The minimum atomic E-state index is -0.698. The van der Waals surface area contributed by atoms with Crippen molar-refractivity contribution in [1.29, 1.82) is 0 Å². The molecule has 0 saturated heterocycles. The third kappa shape index (κ3) is 4.26. The molecule has 7 aromatic rings. The average molecular weight is 592 g/mol. The quantitative estimate of drug-likeness (QED) is 0.183. The number of ether oxygens (including phenoxy) is 1. The van der Waals surface area contributed by atoms with Gasteiger partial charge in [-0.15, -0.1) is 0 Å². The van der Waals surface area contributed by atoms with Crippen LogP contribution in [-0.2, 0) is 11.1 Å². The highest BCUT2D eigenvalue weighted by molar-refractivity contribution is 5.78. The minimum Gasteiger partial charge on any atom is -0.457 e. The van der Waals surface area contributed by atoms with E-state index < -0.39 is 11.1 Å². The lowest BCUT2D eigenvalue weighted by Gasteiger charge is -2.50. The summed E-state index contributed by atoms with van der Waals surface area (Å²) in [5, 5.41) is 0. The number of rotatable bonds is 7. The molecule has 1 heterocycles. The first-order valence-corrected chi connectivity index (χ1v) is 15.8. The van der Waals surface area contributed by atoms with Crippen molar-refractivity contribution in [2.24, 2.45) is 0 Å². The molecule has 0 aliphatic carbocycles. The molecule has 0 unspecified atom stereocenters. The Labute approximate surface area is 270 Å². The van der Waals surface area contributed by atoms with Crippen LogP contribution < -0.4 is 9.64 Å². The van der Waals surface area contributed by atoms with Gasteiger partial charge in [-0.25, -0.2) is 0 Å². The summed E-state index contributed by atoms with van der Waals surface area (Å²) in [4.78, 5) is 2.65. The number of nitrogens with zero attached hydrogens (tertiary/aromatic N) is 1. The largest absolute Gasteiger partial charge is 0.457 e. The van der Waals surface area contributed by atoms with Crippen molar-refractivity contribution >= 4 is 5.69 Å². The molecule has 0 fully saturated rings. The van der Waals surface area contributed by atoms with Crippen LogP contribution in [0.5, 0.6) is 11.5 Å². The Bertz CT molecular complexity index is 1870. The highest BCUT2D eigenvalue weighted by atomic mass is 16.5. The maximum atomic E-state index is 6.49. The zero-order valence-corrected chi connectivity index (χ0v) is 25.4. The van der Waals surface area contributed by atoms with E-state index in [9.17, 15) is 0 Å². The molecule has 0 radical (unpaired) electrons. The second kappa shape index (κ2) is 11.6. The lowest BCUT2D eigenvalue weighted by Crippen LogP contribution is -2.54. The van der Waals surface area contributed by atoms with E-state index in [0.29, 0.717) is 0 Å². The molecule has 7 aromatic carbocycles. The predicted octanol–water partition coefficient (Wildman–Crippen LogP) is 10.6. The van der Waals surface area contributed by atoms with Crippen LogP contribution in [0.1, 0.15) is 33.4 Å². The Hall–Kier alpha value is -5.86. The molecule has 8 rings (SSSR count). The third-order valence-corrected chi connectivity index (χ3v) is 9.20. The monoisotopic (exact) mass is 591 g/mol. The normalized spacial score (nSPS) is 14.4. The fourth-order valence-corrected chi connectivity index (χ4v) is 7.49. The summed E-state index contributed by atoms with van der Waals surface area (Å²) in [5.41, 5.74) is 6.91. The van der Waals surface area contributed by atoms with Crippen LogP contribution >= 0.6 is 0 Å². The molecule has 1 aliphatic heterocycles. The molecule has 0 aromatic heterocycles. The first-order valence-electron chi connectivity index (χ1n) is 15.8. The number of fused-ring (bicyclic) bond motifs is 1. The number of hydrogen-bond donors (Lipinski definition) is 0. The molecule has 2 heteroatoms. The first-order chi connectivity index (χ1) is 22.8. The van der Waals surface area contributed by atoms with Gasteiger partial charge >= 0.3 is 0 Å². The van der Waals surface area contributed by atoms with E-state index in [4.69, 9.17) is 4.74 Å². The van der Waals surface area contributed by atoms with Gasteiger partial charge in [-0.05, 0) is 57.6 Å². The van der Waals surface area contributed by atoms with E-state index in [1.54, 1.807) is 0 Å². The van der Waals surface area contributed by atoms with Crippen molar-refractivity contribution in [2.45, 2.75) is 11.1 Å². The molecule has 0 atom stereocenters. The Morgan fingerprint density at radius 2 is 0.674 bits per heavy atom. The van der Waals surface area contributed by atoms with E-state index in [0.717, 1.165) is 17.2 Å². The van der Waals surface area contributed by atoms with Crippen molar-refractivity contribution in [1.82, 2.24) is 0 Å². The summed E-state index contributed by atoms with van der Waals surface area (Å²) < 4.78 is 6.49. The van der Waals surface area contributed by atoms with Gasteiger partial charge in [0.05, 0.1) is 0 Å². The summed E-state index contributed by atoms with van der Waals surface area (Å²) >= 11 is 0. The van der Waals surface area contributed by atoms with Crippen LogP contribution in [0.25, 0.3) is 0 Å². The summed E-state index contributed by atoms with van der Waals surface area (Å²) in [7, 11) is 0. The summed E-state index contributed by atoms with van der Waals surface area (Å²) in [6.07, 6.45) is 0.